The van der Waals surface area contributed by atoms with E-state index < -0.39 is 12.0 Å². The molecule has 1 aromatic rings. The zero-order valence-corrected chi connectivity index (χ0v) is 12.5. The first kappa shape index (κ1) is 16.3. The van der Waals surface area contributed by atoms with Crippen LogP contribution < -0.4 is 5.32 Å². The van der Waals surface area contributed by atoms with Crippen molar-refractivity contribution in [3.8, 4) is 0 Å². The fourth-order valence-corrected chi connectivity index (χ4v) is 2.05. The number of carbonyl (C=O) groups is 2. The predicted octanol–water partition coefficient (Wildman–Crippen LogP) is 2.11. The maximum absolute atomic E-state index is 11.8. The van der Waals surface area contributed by atoms with Crippen molar-refractivity contribution in [2.24, 2.45) is 0 Å². The number of hydrogen-bond donors (Lipinski definition) is 1. The molecular weight excluding hydrogens is 274 g/mol. The molecule has 0 aliphatic heterocycles. The monoisotopic (exact) mass is 293 g/mol. The molecule has 108 valence electrons. The molecule has 0 aromatic heterocycles. The van der Waals surface area contributed by atoms with Gasteiger partial charge in [-0.25, -0.2) is 4.79 Å². The van der Waals surface area contributed by atoms with Gasteiger partial charge in [0.1, 0.15) is 6.04 Å². The molecule has 1 rings (SSSR count). The molecular formula is C15H19NO3S. The van der Waals surface area contributed by atoms with Crippen LogP contribution in [-0.4, -0.2) is 37.0 Å². The van der Waals surface area contributed by atoms with Crippen LogP contribution in [0.15, 0.2) is 36.4 Å². The number of nitrogens with one attached hydrogen (secondary N) is 1. The summed E-state index contributed by atoms with van der Waals surface area (Å²) in [5.41, 5.74) is 0.932. The Kier molecular flexibility index (Phi) is 7.50. The van der Waals surface area contributed by atoms with Crippen LogP contribution >= 0.6 is 11.8 Å². The lowest BCUT2D eigenvalue weighted by Gasteiger charge is -2.14. The number of esters is 1. The average molecular weight is 293 g/mol. The Balaban J connectivity index is 2.57. The smallest absolute Gasteiger partial charge is 0.328 e. The van der Waals surface area contributed by atoms with Crippen LogP contribution in [0.3, 0.4) is 0 Å². The fourth-order valence-electron chi connectivity index (χ4n) is 1.58. The van der Waals surface area contributed by atoms with Gasteiger partial charge in [-0.15, -0.1) is 0 Å². The highest BCUT2D eigenvalue weighted by Crippen LogP contribution is 2.04. The maximum Gasteiger partial charge on any atom is 0.328 e. The molecule has 0 radical (unpaired) electrons. The third-order valence-corrected chi connectivity index (χ3v) is 3.28. The minimum absolute atomic E-state index is 0.301. The number of ether oxygens (including phenoxy) is 1. The number of carbonyl (C=O) groups excluding carboxylic acids is 2. The Morgan fingerprint density at radius 1 is 1.35 bits per heavy atom. The van der Waals surface area contributed by atoms with Crippen molar-refractivity contribution < 1.29 is 14.3 Å². The van der Waals surface area contributed by atoms with Crippen molar-refractivity contribution in [1.29, 1.82) is 0 Å². The van der Waals surface area contributed by atoms with Crippen molar-refractivity contribution >= 4 is 29.7 Å². The van der Waals surface area contributed by atoms with E-state index in [-0.39, 0.29) is 5.91 Å². The topological polar surface area (TPSA) is 55.4 Å². The average Bonchev–Trinajstić information content (AvgIpc) is 2.49. The molecule has 20 heavy (non-hydrogen) atoms. The quantitative estimate of drug-likeness (QED) is 0.618. The van der Waals surface area contributed by atoms with Gasteiger partial charge in [0.05, 0.1) is 7.11 Å². The Morgan fingerprint density at radius 2 is 2.05 bits per heavy atom. The molecule has 0 spiro atoms. The summed E-state index contributed by atoms with van der Waals surface area (Å²) in [6.45, 7) is 0. The molecule has 1 atom stereocenters. The molecule has 0 saturated heterocycles. The van der Waals surface area contributed by atoms with Crippen LogP contribution in [-0.2, 0) is 14.3 Å². The molecule has 0 aliphatic carbocycles. The van der Waals surface area contributed by atoms with Gasteiger partial charge in [0.2, 0.25) is 5.91 Å². The molecule has 1 amide bonds. The highest BCUT2D eigenvalue weighted by Gasteiger charge is 2.19. The zero-order valence-electron chi connectivity index (χ0n) is 11.7. The molecule has 1 N–H and O–H groups in total. The Morgan fingerprint density at radius 3 is 2.65 bits per heavy atom. The number of methoxy groups -OCH3 is 1. The van der Waals surface area contributed by atoms with E-state index >= 15 is 0 Å². The van der Waals surface area contributed by atoms with E-state index in [0.717, 1.165) is 11.3 Å². The summed E-state index contributed by atoms with van der Waals surface area (Å²) in [5.74, 6) is 0.0634. The van der Waals surface area contributed by atoms with Crippen molar-refractivity contribution in [2.45, 2.75) is 12.5 Å². The summed E-state index contributed by atoms with van der Waals surface area (Å²) in [4.78, 5) is 23.4. The minimum atomic E-state index is -0.597. The summed E-state index contributed by atoms with van der Waals surface area (Å²) in [5, 5.41) is 2.66. The lowest BCUT2D eigenvalue weighted by atomic mass is 10.2. The molecule has 0 fully saturated rings. The number of thioether (sulfide) groups is 1. The zero-order chi connectivity index (χ0) is 14.8. The second-order valence-electron chi connectivity index (χ2n) is 4.11. The van der Waals surface area contributed by atoms with Crippen LogP contribution in [0.1, 0.15) is 12.0 Å². The van der Waals surface area contributed by atoms with Crippen LogP contribution in [0.4, 0.5) is 0 Å². The standard InChI is InChI=1S/C15H19NO3S/c1-19-15(18)13(10-11-20-2)16-14(17)9-8-12-6-4-3-5-7-12/h3-9,13H,10-11H2,1-2H3,(H,16,17)/t13-/m0/s1. The summed E-state index contributed by atoms with van der Waals surface area (Å²) in [6.07, 6.45) is 5.63. The molecule has 0 unspecified atom stereocenters. The summed E-state index contributed by atoms with van der Waals surface area (Å²) in [7, 11) is 1.32. The van der Waals surface area contributed by atoms with Crippen molar-refractivity contribution in [1.82, 2.24) is 5.32 Å². The molecule has 0 heterocycles. The molecule has 1 aromatic carbocycles. The van der Waals surface area contributed by atoms with Crippen LogP contribution in [0.5, 0.6) is 0 Å². The van der Waals surface area contributed by atoms with Gasteiger partial charge < -0.3 is 10.1 Å². The third-order valence-electron chi connectivity index (χ3n) is 2.64. The normalized spacial score (nSPS) is 12.1. The first-order chi connectivity index (χ1) is 9.67. The molecule has 5 heteroatoms. The van der Waals surface area contributed by atoms with E-state index in [9.17, 15) is 9.59 Å². The number of amides is 1. The Labute approximate surface area is 123 Å². The second kappa shape index (κ2) is 9.20. The van der Waals surface area contributed by atoms with Crippen molar-refractivity contribution in [3.63, 3.8) is 0 Å². The summed E-state index contributed by atoms with van der Waals surface area (Å²) >= 11 is 1.62. The fraction of sp³-hybridized carbons (Fsp3) is 0.333. The van der Waals surface area contributed by atoms with Gasteiger partial charge in [-0.1, -0.05) is 30.3 Å². The maximum atomic E-state index is 11.8. The van der Waals surface area contributed by atoms with E-state index in [2.05, 4.69) is 10.1 Å². The van der Waals surface area contributed by atoms with Gasteiger partial charge >= 0.3 is 5.97 Å². The Bertz CT molecular complexity index is 459. The SMILES string of the molecule is COC(=O)[C@H](CCSC)NC(=O)C=Cc1ccccc1. The first-order valence-corrected chi connectivity index (χ1v) is 7.67. The number of benzene rings is 1. The van der Waals surface area contributed by atoms with E-state index in [1.807, 2.05) is 36.6 Å². The van der Waals surface area contributed by atoms with Gasteiger partial charge in [-0.05, 0) is 30.1 Å². The largest absolute Gasteiger partial charge is 0.467 e. The molecule has 0 bridgehead atoms. The lowest BCUT2D eigenvalue weighted by molar-refractivity contribution is -0.144. The minimum Gasteiger partial charge on any atom is -0.467 e. The van der Waals surface area contributed by atoms with Gasteiger partial charge in [-0.2, -0.15) is 11.8 Å². The van der Waals surface area contributed by atoms with Gasteiger partial charge in [0.15, 0.2) is 0 Å². The van der Waals surface area contributed by atoms with Crippen molar-refractivity contribution in [3.05, 3.63) is 42.0 Å². The molecule has 4 nitrogen and oxygen atoms in total. The number of rotatable bonds is 7. The van der Waals surface area contributed by atoms with Gasteiger partial charge in [0, 0.05) is 6.08 Å². The van der Waals surface area contributed by atoms with Crippen molar-refractivity contribution in [2.75, 3.05) is 19.1 Å². The highest BCUT2D eigenvalue weighted by atomic mass is 32.2. The van der Waals surface area contributed by atoms with Crippen LogP contribution in [0.2, 0.25) is 0 Å². The molecule has 0 saturated carbocycles. The highest BCUT2D eigenvalue weighted by molar-refractivity contribution is 7.98. The van der Waals surface area contributed by atoms with E-state index in [0.29, 0.717) is 6.42 Å². The Hall–Kier alpha value is -1.75. The van der Waals surface area contributed by atoms with Crippen LogP contribution in [0, 0.1) is 0 Å². The van der Waals surface area contributed by atoms with E-state index in [1.54, 1.807) is 17.8 Å². The summed E-state index contributed by atoms with van der Waals surface area (Å²) < 4.78 is 4.69. The second-order valence-corrected chi connectivity index (χ2v) is 5.10. The van der Waals surface area contributed by atoms with Gasteiger partial charge in [-0.3, -0.25) is 4.79 Å². The summed E-state index contributed by atoms with van der Waals surface area (Å²) in [6, 6.07) is 8.90. The van der Waals surface area contributed by atoms with E-state index in [4.69, 9.17) is 0 Å². The van der Waals surface area contributed by atoms with E-state index in [1.165, 1.54) is 13.2 Å². The number of hydrogen-bond acceptors (Lipinski definition) is 4. The molecule has 0 aliphatic rings. The van der Waals surface area contributed by atoms with Gasteiger partial charge in [0.25, 0.3) is 0 Å². The van der Waals surface area contributed by atoms with Crippen LogP contribution in [0.25, 0.3) is 6.08 Å². The lowest BCUT2D eigenvalue weighted by Crippen LogP contribution is -2.41. The first-order valence-electron chi connectivity index (χ1n) is 6.27. The third kappa shape index (κ3) is 5.93. The predicted molar refractivity (Wildman–Crippen MR) is 82.4 cm³/mol.